The topological polar surface area (TPSA) is 29.4 Å². The predicted octanol–water partition coefficient (Wildman–Crippen LogP) is 12.3. The Hall–Kier alpha value is -0.113. The molecular weight excluding hydrogens is 478 g/mol. The largest absolute Gasteiger partial charge is 0.234 e. The third-order valence-electron chi connectivity index (χ3n) is 7.61. The Morgan fingerprint density at radius 1 is 0.444 bits per heavy atom. The van der Waals surface area contributed by atoms with Crippen molar-refractivity contribution >= 4 is 24.5 Å². The van der Waals surface area contributed by atoms with E-state index in [2.05, 4.69) is 18.1 Å². The molecule has 0 N–H and O–H groups in total. The molecule has 0 saturated heterocycles. The van der Waals surface area contributed by atoms with E-state index < -0.39 is 7.38 Å². The quantitative estimate of drug-likeness (QED) is 0.0292. The lowest BCUT2D eigenvalue weighted by atomic mass is 10.0. The zero-order chi connectivity index (χ0) is 26.4. The summed E-state index contributed by atoms with van der Waals surface area (Å²) in [5.74, 6) is 0. The molecule has 0 radical (unpaired) electrons. The first-order chi connectivity index (χ1) is 17.6. The van der Waals surface area contributed by atoms with Gasteiger partial charge in [0, 0.05) is 0 Å². The molecule has 4 heteroatoms. The third-order valence-corrected chi connectivity index (χ3v) is 9.72. The molecule has 0 fully saturated rings. The van der Waals surface area contributed by atoms with Crippen LogP contribution < -0.4 is 0 Å². The smallest absolute Gasteiger partial charge is 0.211 e. The number of rotatable bonds is 30. The molecular formula is C32H64ClNOSi. The Morgan fingerprint density at radius 2 is 0.667 bits per heavy atom. The van der Waals surface area contributed by atoms with E-state index in [9.17, 15) is 4.79 Å². The van der Waals surface area contributed by atoms with Gasteiger partial charge in [-0.2, -0.15) is 11.1 Å². The summed E-state index contributed by atoms with van der Waals surface area (Å²) in [5.41, 5.74) is 0. The number of carbonyl (C=O) groups excluding carboxylic acids is 1. The van der Waals surface area contributed by atoms with E-state index in [4.69, 9.17) is 11.1 Å². The summed E-state index contributed by atoms with van der Waals surface area (Å²) in [6, 6.07) is 1.29. The van der Waals surface area contributed by atoms with Crippen LogP contribution in [0.5, 0.6) is 0 Å². The molecule has 36 heavy (non-hydrogen) atoms. The van der Waals surface area contributed by atoms with Crippen molar-refractivity contribution in [3.63, 3.8) is 0 Å². The molecule has 2 nitrogen and oxygen atoms in total. The minimum absolute atomic E-state index is 0.667. The number of nitrogens with zero attached hydrogens (tertiary/aromatic N) is 1. The highest BCUT2D eigenvalue weighted by molar-refractivity contribution is 7.19. The highest BCUT2D eigenvalue weighted by Gasteiger charge is 2.15. The average Bonchev–Trinajstić information content (AvgIpc) is 2.84. The van der Waals surface area contributed by atoms with Gasteiger partial charge < -0.3 is 0 Å². The van der Waals surface area contributed by atoms with E-state index in [1.807, 2.05) is 0 Å². The molecule has 0 atom stereocenters. The number of hydrogen-bond acceptors (Lipinski definition) is 2. The molecule has 0 aliphatic rings. The van der Waals surface area contributed by atoms with Gasteiger partial charge in [-0.05, 0) is 12.5 Å². The lowest BCUT2D eigenvalue weighted by Gasteiger charge is -2.11. The Labute approximate surface area is 232 Å². The van der Waals surface area contributed by atoms with Crippen molar-refractivity contribution in [3.8, 4) is 0 Å². The first-order valence-corrected chi connectivity index (χ1v) is 20.5. The van der Waals surface area contributed by atoms with Crippen molar-refractivity contribution in [2.45, 2.75) is 193 Å². The minimum atomic E-state index is -1.32. The second kappa shape index (κ2) is 29.4. The van der Waals surface area contributed by atoms with E-state index in [-0.39, 0.29) is 0 Å². The van der Waals surface area contributed by atoms with E-state index in [1.54, 1.807) is 6.08 Å². The van der Waals surface area contributed by atoms with Crippen molar-refractivity contribution in [3.05, 3.63) is 0 Å². The Balaban J connectivity index is 3.05. The minimum Gasteiger partial charge on any atom is -0.211 e. The SMILES string of the molecule is C[Si](C)(Cl)CCCCCCCCCCCCCCCCCCCCCCCCCCCCCN=C=O. The first-order valence-electron chi connectivity index (χ1n) is 16.3. The van der Waals surface area contributed by atoms with Crippen LogP contribution in [0.15, 0.2) is 4.99 Å². The van der Waals surface area contributed by atoms with Crippen LogP contribution in [0.2, 0.25) is 19.1 Å². The van der Waals surface area contributed by atoms with Gasteiger partial charge >= 0.3 is 0 Å². The van der Waals surface area contributed by atoms with Crippen LogP contribution in [-0.4, -0.2) is 20.0 Å². The second-order valence-electron chi connectivity index (χ2n) is 12.0. The number of halogens is 1. The van der Waals surface area contributed by atoms with Crippen LogP contribution in [0.1, 0.15) is 173 Å². The van der Waals surface area contributed by atoms with Crippen LogP contribution in [0.4, 0.5) is 0 Å². The monoisotopic (exact) mass is 541 g/mol. The molecule has 0 aromatic rings. The summed E-state index contributed by atoms with van der Waals surface area (Å²) in [6.07, 6.45) is 39.7. The fraction of sp³-hybridized carbons (Fsp3) is 0.969. The van der Waals surface area contributed by atoms with Gasteiger partial charge in [0.25, 0.3) is 0 Å². The number of unbranched alkanes of at least 4 members (excludes halogenated alkanes) is 26. The van der Waals surface area contributed by atoms with Gasteiger partial charge in [0.2, 0.25) is 6.08 Å². The lowest BCUT2D eigenvalue weighted by Crippen LogP contribution is -2.14. The maximum Gasteiger partial charge on any atom is 0.234 e. The molecule has 0 aliphatic heterocycles. The van der Waals surface area contributed by atoms with E-state index in [1.165, 1.54) is 173 Å². The highest BCUT2D eigenvalue weighted by atomic mass is 35.6. The summed E-state index contributed by atoms with van der Waals surface area (Å²) >= 11 is 6.38. The summed E-state index contributed by atoms with van der Waals surface area (Å²) in [4.78, 5) is 13.6. The maximum absolute atomic E-state index is 9.98. The molecule has 0 aromatic carbocycles. The zero-order valence-corrected chi connectivity index (χ0v) is 26.5. The molecule has 0 unspecified atom stereocenters. The fourth-order valence-corrected chi connectivity index (χ4v) is 6.69. The molecule has 0 rings (SSSR count). The van der Waals surface area contributed by atoms with Crippen LogP contribution >= 0.6 is 11.1 Å². The number of aliphatic imine (C=N–C) groups is 1. The standard InChI is InChI=1S/C32H64ClNOSi/c1-36(2,33)31-29-27-25-23-21-19-17-15-13-11-9-7-5-3-4-6-8-10-12-14-16-18-20-22-24-26-28-30-34-32-35/h3-31H2,1-2H3. The molecule has 0 aliphatic carbocycles. The molecule has 214 valence electrons. The summed E-state index contributed by atoms with van der Waals surface area (Å²) < 4.78 is 0. The van der Waals surface area contributed by atoms with Crippen molar-refractivity contribution in [1.29, 1.82) is 0 Å². The second-order valence-corrected chi connectivity index (χ2v) is 19.0. The van der Waals surface area contributed by atoms with Gasteiger partial charge in [0.05, 0.1) is 6.54 Å². The van der Waals surface area contributed by atoms with Gasteiger partial charge in [-0.25, -0.2) is 9.79 Å². The lowest BCUT2D eigenvalue weighted by molar-refractivity contribution is 0.514. The molecule has 0 saturated carbocycles. The van der Waals surface area contributed by atoms with Crippen LogP contribution in [0.3, 0.4) is 0 Å². The van der Waals surface area contributed by atoms with Crippen molar-refractivity contribution in [2.75, 3.05) is 6.54 Å². The van der Waals surface area contributed by atoms with Gasteiger partial charge in [-0.1, -0.05) is 180 Å². The molecule has 0 aromatic heterocycles. The molecule has 0 spiro atoms. The number of isocyanates is 1. The Kier molecular flexibility index (Phi) is 29.4. The number of hydrogen-bond donors (Lipinski definition) is 0. The Morgan fingerprint density at radius 3 is 0.889 bits per heavy atom. The summed E-state index contributed by atoms with van der Waals surface area (Å²) in [6.45, 7) is 5.20. The van der Waals surface area contributed by atoms with E-state index in [0.29, 0.717) is 6.54 Å². The molecule has 0 heterocycles. The third kappa shape index (κ3) is 33.9. The normalized spacial score (nSPS) is 11.6. The van der Waals surface area contributed by atoms with E-state index >= 15 is 0 Å². The van der Waals surface area contributed by atoms with Crippen LogP contribution in [-0.2, 0) is 4.79 Å². The predicted molar refractivity (Wildman–Crippen MR) is 166 cm³/mol. The highest BCUT2D eigenvalue weighted by Crippen LogP contribution is 2.20. The zero-order valence-electron chi connectivity index (χ0n) is 24.7. The van der Waals surface area contributed by atoms with E-state index in [0.717, 1.165) is 6.42 Å². The summed E-state index contributed by atoms with van der Waals surface area (Å²) in [7, 11) is -1.32. The van der Waals surface area contributed by atoms with Gasteiger partial charge in [-0.3, -0.25) is 0 Å². The molecule has 0 bridgehead atoms. The average molecular weight is 542 g/mol. The fourth-order valence-electron chi connectivity index (χ4n) is 5.20. The van der Waals surface area contributed by atoms with Gasteiger partial charge in [0.15, 0.2) is 0 Å². The Bertz CT molecular complexity index is 473. The maximum atomic E-state index is 9.98. The molecule has 0 amide bonds. The van der Waals surface area contributed by atoms with Gasteiger partial charge in [-0.15, -0.1) is 0 Å². The van der Waals surface area contributed by atoms with Crippen molar-refractivity contribution in [1.82, 2.24) is 0 Å². The summed E-state index contributed by atoms with van der Waals surface area (Å²) in [5, 5.41) is 0. The van der Waals surface area contributed by atoms with Crippen molar-refractivity contribution < 1.29 is 4.79 Å². The van der Waals surface area contributed by atoms with Crippen LogP contribution in [0.25, 0.3) is 0 Å². The van der Waals surface area contributed by atoms with Gasteiger partial charge in [0.1, 0.15) is 7.38 Å². The van der Waals surface area contributed by atoms with Crippen LogP contribution in [0, 0.1) is 0 Å². The first kappa shape index (κ1) is 35.9. The van der Waals surface area contributed by atoms with Crippen molar-refractivity contribution in [2.24, 2.45) is 4.99 Å².